The molecule has 2 aliphatic rings. The van der Waals surface area contributed by atoms with Gasteiger partial charge < -0.3 is 49.8 Å². The Bertz CT molecular complexity index is 2900. The number of ether oxygens (including phenoxy) is 2. The molecule has 2 atom stereocenters. The van der Waals surface area contributed by atoms with Crippen LogP contribution >= 0.6 is 0 Å². The third kappa shape index (κ3) is 9.04. The molecular weight excluding hydrogens is 833 g/mol. The van der Waals surface area contributed by atoms with E-state index in [0.717, 1.165) is 43.7 Å². The molecule has 2 unspecified atom stereocenters. The average Bonchev–Trinajstić information content (AvgIpc) is 4.19. The molecule has 0 spiro atoms. The van der Waals surface area contributed by atoms with Crippen LogP contribution in [0.2, 0.25) is 0 Å². The number of methoxy groups -OCH3 is 2. The maximum absolute atomic E-state index is 13.0. The van der Waals surface area contributed by atoms with Crippen LogP contribution in [0.3, 0.4) is 0 Å². The zero-order valence-electron chi connectivity index (χ0n) is 36.1. The predicted octanol–water partition coefficient (Wildman–Crippen LogP) is 5.41. The van der Waals surface area contributed by atoms with Crippen LogP contribution in [0.1, 0.15) is 46.4 Å². The Morgan fingerprint density at radius 3 is 1.75 bits per heavy atom. The zero-order valence-corrected chi connectivity index (χ0v) is 36.1. The van der Waals surface area contributed by atoms with Gasteiger partial charge in [0.05, 0.1) is 26.7 Å². The highest BCUT2D eigenvalue weighted by atomic mass is 16.5. The highest BCUT2D eigenvalue weighted by Crippen LogP contribution is 2.27. The molecule has 0 saturated carbocycles. The molecule has 8 heterocycles. The van der Waals surface area contributed by atoms with Crippen LogP contribution in [-0.4, -0.2) is 120 Å². The van der Waals surface area contributed by atoms with E-state index in [-0.39, 0.29) is 35.8 Å². The Hall–Kier alpha value is -8.16. The highest BCUT2D eigenvalue weighted by Gasteiger charge is 2.29. The minimum absolute atomic E-state index is 0.00243. The zero-order chi connectivity index (χ0) is 45.0. The smallest absolute Gasteiger partial charge is 0.253 e. The number of carbonyl (C=O) groups excluding carboxylic acids is 2. The molecule has 2 fully saturated rings. The van der Waals surface area contributed by atoms with Crippen LogP contribution in [0.25, 0.3) is 34.5 Å². The monoisotopic (exact) mass is 880 g/mol. The summed E-state index contributed by atoms with van der Waals surface area (Å²) < 4.78 is 24.1. The Morgan fingerprint density at radius 2 is 1.22 bits per heavy atom. The van der Waals surface area contributed by atoms with Gasteiger partial charge in [-0.25, -0.2) is 9.97 Å². The van der Waals surface area contributed by atoms with Crippen molar-refractivity contribution < 1.29 is 27.9 Å². The van der Waals surface area contributed by atoms with Crippen molar-refractivity contribution >= 4 is 46.6 Å². The molecule has 334 valence electrons. The number of anilines is 4. The Morgan fingerprint density at radius 1 is 0.692 bits per heavy atom. The number of hydrogen-bond donors (Lipinski definition) is 3. The Balaban J connectivity index is 0.000000164. The quantitative estimate of drug-likeness (QED) is 0.156. The summed E-state index contributed by atoms with van der Waals surface area (Å²) in [4.78, 5) is 49.8. The maximum Gasteiger partial charge on any atom is 0.253 e. The first-order chi connectivity index (χ1) is 31.6. The van der Waals surface area contributed by atoms with Crippen LogP contribution in [0.5, 0.6) is 11.5 Å². The minimum atomic E-state index is 0.00243. The first kappa shape index (κ1) is 42.2. The van der Waals surface area contributed by atoms with E-state index in [0.29, 0.717) is 76.9 Å². The van der Waals surface area contributed by atoms with Crippen molar-refractivity contribution in [1.29, 1.82) is 0 Å². The van der Waals surface area contributed by atoms with Gasteiger partial charge in [0.25, 0.3) is 11.8 Å². The first-order valence-electron chi connectivity index (χ1n) is 21.1. The molecule has 0 aliphatic carbocycles. The van der Waals surface area contributed by atoms with E-state index >= 15 is 0 Å². The number of rotatable bonds is 10. The van der Waals surface area contributed by atoms with E-state index in [1.54, 1.807) is 106 Å². The van der Waals surface area contributed by atoms with Gasteiger partial charge in [-0.15, -0.1) is 10.2 Å². The van der Waals surface area contributed by atoms with Crippen molar-refractivity contribution in [3.05, 3.63) is 109 Å². The number of furan rings is 2. The molecule has 0 bridgehead atoms. The summed E-state index contributed by atoms with van der Waals surface area (Å²) in [5.41, 5.74) is 14.7. The molecule has 10 rings (SSSR count). The Kier molecular flexibility index (Phi) is 11.9. The van der Waals surface area contributed by atoms with E-state index in [1.807, 2.05) is 22.9 Å². The highest BCUT2D eigenvalue weighted by molar-refractivity contribution is 5.95. The molecule has 0 radical (unpaired) electrons. The summed E-state index contributed by atoms with van der Waals surface area (Å²) in [6, 6.07) is 25.3. The van der Waals surface area contributed by atoms with Crippen molar-refractivity contribution in [3.63, 3.8) is 0 Å². The predicted molar refractivity (Wildman–Crippen MR) is 242 cm³/mol. The van der Waals surface area contributed by atoms with Crippen LogP contribution in [0.4, 0.5) is 23.5 Å². The minimum Gasteiger partial charge on any atom is -0.497 e. The lowest BCUT2D eigenvalue weighted by molar-refractivity contribution is 0.0703. The van der Waals surface area contributed by atoms with Crippen LogP contribution in [0.15, 0.2) is 106 Å². The van der Waals surface area contributed by atoms with Gasteiger partial charge in [-0.05, 0) is 98.5 Å². The van der Waals surface area contributed by atoms with E-state index in [1.165, 1.54) is 9.03 Å². The molecule has 2 aliphatic heterocycles. The molecule has 2 amide bonds. The summed E-state index contributed by atoms with van der Waals surface area (Å²) in [7, 11) is 5.18. The maximum atomic E-state index is 13.0. The molecule has 6 aromatic heterocycles. The second-order valence-electron chi connectivity index (χ2n) is 15.7. The standard InChI is InChI=1S/C23H25N7O3.C22H23N7O3/c1-28(16-5-3-11-29(14-16)22(31)15-7-9-17(32-2)10-8-15)19-13-20-25-21(18-6-4-12-33-18)27-30(20)23(24)26-19;1-31-16-8-6-14(7-9-16)21(30)28-10-2-4-15(13-28)24-18-12-19-26-20(17-5-3-11-32-17)27-29(19)22(23)25-18/h4,6-10,12-13,16H,3,5,11,14H2,1-2H3,(H2,24,26);3,5-9,11-12,15,24H,2,4,10,13H2,1H3,(H2,23,25). The van der Waals surface area contributed by atoms with Crippen molar-refractivity contribution in [3.8, 4) is 34.7 Å². The van der Waals surface area contributed by atoms with Gasteiger partial charge in [-0.1, -0.05) is 0 Å². The van der Waals surface area contributed by atoms with Crippen LogP contribution in [0, 0.1) is 0 Å². The largest absolute Gasteiger partial charge is 0.497 e. The molecule has 5 N–H and O–H groups in total. The third-order valence-electron chi connectivity index (χ3n) is 11.5. The number of likely N-dealkylation sites (tertiary alicyclic amines) is 2. The van der Waals surface area contributed by atoms with Crippen molar-refractivity contribution in [1.82, 2.24) is 49.0 Å². The summed E-state index contributed by atoms with van der Waals surface area (Å²) in [5, 5.41) is 12.2. The summed E-state index contributed by atoms with van der Waals surface area (Å²) >= 11 is 0. The fourth-order valence-corrected chi connectivity index (χ4v) is 8.05. The van der Waals surface area contributed by atoms with Crippen molar-refractivity contribution in [2.24, 2.45) is 0 Å². The van der Waals surface area contributed by atoms with Crippen molar-refractivity contribution in [2.45, 2.75) is 37.8 Å². The van der Waals surface area contributed by atoms with Gasteiger partial charge >= 0.3 is 0 Å². The molecule has 2 aromatic carbocycles. The topological polar surface area (TPSA) is 239 Å². The molecule has 20 nitrogen and oxygen atoms in total. The summed E-state index contributed by atoms with van der Waals surface area (Å²) in [6.45, 7) is 2.61. The second-order valence-corrected chi connectivity index (χ2v) is 15.7. The Labute approximate surface area is 372 Å². The molecule has 8 aromatic rings. The van der Waals surface area contributed by atoms with Gasteiger partial charge in [0.15, 0.2) is 22.8 Å². The third-order valence-corrected chi connectivity index (χ3v) is 11.5. The van der Waals surface area contributed by atoms with Gasteiger partial charge in [-0.3, -0.25) is 9.59 Å². The van der Waals surface area contributed by atoms with Gasteiger partial charge in [0.2, 0.25) is 23.5 Å². The SMILES string of the molecule is COc1ccc(C(=O)N2CCCC(N(C)c3cc4nc(-c5ccco5)nn4c(N)n3)C2)cc1.COc1ccc(C(=O)N2CCCC(Nc3cc4nc(-c5ccco5)nn4c(N)n3)C2)cc1. The lowest BCUT2D eigenvalue weighted by atomic mass is 10.0. The lowest BCUT2D eigenvalue weighted by Gasteiger charge is -2.38. The summed E-state index contributed by atoms with van der Waals surface area (Å²) in [5.74, 6) is 5.21. The molecule has 20 heteroatoms. The van der Waals surface area contributed by atoms with Crippen molar-refractivity contribution in [2.75, 3.05) is 69.1 Å². The van der Waals surface area contributed by atoms with Gasteiger partial charge in [0.1, 0.15) is 23.1 Å². The molecule has 2 saturated heterocycles. The van der Waals surface area contributed by atoms with E-state index < -0.39 is 0 Å². The normalized spacial score (nSPS) is 16.2. The number of benzene rings is 2. The number of aromatic nitrogens is 8. The number of likely N-dealkylation sites (N-methyl/N-ethyl adjacent to an activating group) is 1. The first-order valence-corrected chi connectivity index (χ1v) is 21.1. The van der Waals surface area contributed by atoms with Crippen LogP contribution < -0.4 is 31.2 Å². The van der Waals surface area contributed by atoms with Crippen LogP contribution in [-0.2, 0) is 0 Å². The fraction of sp³-hybridized carbons (Fsp3) is 0.289. The molecular formula is C45H48N14O6. The second kappa shape index (κ2) is 18.3. The summed E-state index contributed by atoms with van der Waals surface area (Å²) in [6.07, 6.45) is 6.80. The number of fused-ring (bicyclic) bond motifs is 2. The molecule has 65 heavy (non-hydrogen) atoms. The van der Waals surface area contributed by atoms with Gasteiger partial charge in [-0.2, -0.15) is 19.0 Å². The van der Waals surface area contributed by atoms with Gasteiger partial charge in [0, 0.05) is 68.6 Å². The lowest BCUT2D eigenvalue weighted by Crippen LogP contribution is -2.49. The van der Waals surface area contributed by atoms with E-state index in [4.69, 9.17) is 29.8 Å². The number of hydrogen-bond acceptors (Lipinski definition) is 16. The van der Waals surface area contributed by atoms with E-state index in [2.05, 4.69) is 40.3 Å². The number of carbonyl (C=O) groups is 2. The average molecular weight is 881 g/mol. The number of piperidine rings is 2. The number of nitrogen functional groups attached to an aromatic ring is 2. The number of nitrogens with one attached hydrogen (secondary N) is 1. The number of nitrogens with two attached hydrogens (primary N) is 2. The fourth-order valence-electron chi connectivity index (χ4n) is 8.05. The van der Waals surface area contributed by atoms with E-state index in [9.17, 15) is 9.59 Å². The number of amides is 2. The number of nitrogens with zero attached hydrogens (tertiary/aromatic N) is 11.